The molecule has 0 saturated carbocycles. The molecular weight excluding hydrogens is 262 g/mol. The molecule has 1 atom stereocenters. The number of benzene rings is 1. The third-order valence-corrected chi connectivity index (χ3v) is 4.07. The highest BCUT2D eigenvalue weighted by Crippen LogP contribution is 2.21. The Morgan fingerprint density at radius 2 is 2.24 bits per heavy atom. The Labute approximate surface area is 128 Å². The van der Waals surface area contributed by atoms with Gasteiger partial charge in [-0.3, -0.25) is 9.69 Å². The molecule has 1 heterocycles. The summed E-state index contributed by atoms with van der Waals surface area (Å²) in [6.07, 6.45) is 3.48. The van der Waals surface area contributed by atoms with Gasteiger partial charge in [0.25, 0.3) is 0 Å². The van der Waals surface area contributed by atoms with Crippen LogP contribution in [0.4, 0.5) is 0 Å². The fourth-order valence-corrected chi connectivity index (χ4v) is 2.92. The predicted molar refractivity (Wildman–Crippen MR) is 86.1 cm³/mol. The molecule has 3 heteroatoms. The highest BCUT2D eigenvalue weighted by molar-refractivity contribution is 5.98. The number of ketones is 1. The molecule has 1 saturated heterocycles. The van der Waals surface area contributed by atoms with Crippen molar-refractivity contribution in [3.63, 3.8) is 0 Å². The quantitative estimate of drug-likeness (QED) is 0.748. The van der Waals surface area contributed by atoms with Gasteiger partial charge in [0, 0.05) is 12.1 Å². The van der Waals surface area contributed by atoms with Crippen molar-refractivity contribution in [2.24, 2.45) is 5.92 Å². The third-order valence-electron chi connectivity index (χ3n) is 4.07. The Balaban J connectivity index is 1.97. The fraction of sp³-hybridized carbons (Fsp3) is 0.611. The lowest BCUT2D eigenvalue weighted by Crippen LogP contribution is -2.38. The van der Waals surface area contributed by atoms with Crippen molar-refractivity contribution in [2.45, 2.75) is 40.0 Å². The number of hydrogen-bond acceptors (Lipinski definition) is 3. The number of hydrogen-bond donors (Lipinski definition) is 0. The number of nitrogens with zero attached hydrogens (tertiary/aromatic N) is 1. The molecule has 0 amide bonds. The van der Waals surface area contributed by atoms with Crippen molar-refractivity contribution < 1.29 is 9.53 Å². The summed E-state index contributed by atoms with van der Waals surface area (Å²) in [7, 11) is 0. The summed E-state index contributed by atoms with van der Waals surface area (Å²) in [6.45, 7) is 9.71. The highest BCUT2D eigenvalue weighted by atomic mass is 16.5. The average molecular weight is 289 g/mol. The summed E-state index contributed by atoms with van der Waals surface area (Å²) < 4.78 is 5.66. The minimum atomic E-state index is 0.217. The number of likely N-dealkylation sites (tertiary alicyclic amines) is 1. The minimum Gasteiger partial charge on any atom is -0.493 e. The van der Waals surface area contributed by atoms with Crippen LogP contribution in [0.15, 0.2) is 18.2 Å². The second-order valence-electron chi connectivity index (χ2n) is 6.23. The monoisotopic (exact) mass is 289 g/mol. The summed E-state index contributed by atoms with van der Waals surface area (Å²) in [5, 5.41) is 0. The van der Waals surface area contributed by atoms with Gasteiger partial charge in [-0.1, -0.05) is 13.8 Å². The smallest absolute Gasteiger partial charge is 0.176 e. The molecule has 1 aromatic carbocycles. The lowest BCUT2D eigenvalue weighted by molar-refractivity contribution is 0.0893. The van der Waals surface area contributed by atoms with Crippen LogP contribution in [-0.2, 0) is 0 Å². The summed E-state index contributed by atoms with van der Waals surface area (Å²) in [6, 6.07) is 5.78. The molecule has 0 aliphatic carbocycles. The number of rotatable bonds is 6. The van der Waals surface area contributed by atoms with Crippen LogP contribution in [0.5, 0.6) is 5.75 Å². The number of Topliss-reactive ketones (excluding diaryl/α,β-unsaturated/α-hetero) is 1. The van der Waals surface area contributed by atoms with Crippen molar-refractivity contribution in [3.05, 3.63) is 29.3 Å². The van der Waals surface area contributed by atoms with E-state index in [2.05, 4.69) is 18.7 Å². The largest absolute Gasteiger partial charge is 0.493 e. The van der Waals surface area contributed by atoms with E-state index in [-0.39, 0.29) is 5.78 Å². The van der Waals surface area contributed by atoms with Crippen molar-refractivity contribution in [1.82, 2.24) is 4.90 Å². The van der Waals surface area contributed by atoms with Crippen LogP contribution in [0, 0.1) is 12.8 Å². The molecule has 116 valence electrons. The Morgan fingerprint density at radius 1 is 1.43 bits per heavy atom. The highest BCUT2D eigenvalue weighted by Gasteiger charge is 2.19. The molecule has 1 fully saturated rings. The summed E-state index contributed by atoms with van der Waals surface area (Å²) >= 11 is 0. The normalized spacial score (nSPS) is 19.5. The van der Waals surface area contributed by atoms with Crippen LogP contribution < -0.4 is 4.74 Å². The molecule has 21 heavy (non-hydrogen) atoms. The van der Waals surface area contributed by atoms with E-state index in [1.54, 1.807) is 0 Å². The molecule has 0 aromatic heterocycles. The number of carbonyl (C=O) groups excluding carboxylic acids is 1. The zero-order valence-electron chi connectivity index (χ0n) is 13.5. The van der Waals surface area contributed by atoms with E-state index in [1.807, 2.05) is 25.1 Å². The topological polar surface area (TPSA) is 29.5 Å². The second-order valence-corrected chi connectivity index (χ2v) is 6.23. The summed E-state index contributed by atoms with van der Waals surface area (Å²) in [5.41, 5.74) is 1.84. The number of piperidine rings is 1. The second kappa shape index (κ2) is 7.60. The zero-order chi connectivity index (χ0) is 15.2. The molecule has 3 nitrogen and oxygen atoms in total. The first kappa shape index (κ1) is 16.0. The van der Waals surface area contributed by atoms with Crippen LogP contribution in [0.3, 0.4) is 0 Å². The van der Waals surface area contributed by atoms with Gasteiger partial charge >= 0.3 is 0 Å². The van der Waals surface area contributed by atoms with Crippen LogP contribution in [0.2, 0.25) is 0 Å². The fourth-order valence-electron chi connectivity index (χ4n) is 2.92. The third kappa shape index (κ3) is 4.57. The maximum absolute atomic E-state index is 12.4. The molecule has 1 aromatic rings. The van der Waals surface area contributed by atoms with Gasteiger partial charge in [0.1, 0.15) is 5.75 Å². The van der Waals surface area contributed by atoms with Crippen molar-refractivity contribution in [2.75, 3.05) is 26.2 Å². The van der Waals surface area contributed by atoms with Gasteiger partial charge < -0.3 is 4.74 Å². The Hall–Kier alpha value is -1.35. The van der Waals surface area contributed by atoms with E-state index < -0.39 is 0 Å². The molecule has 1 unspecified atom stereocenters. The summed E-state index contributed by atoms with van der Waals surface area (Å²) in [4.78, 5) is 14.7. The standard InChI is InChI=1S/C18H27NO2/c1-4-10-21-18-8-7-16(11-15(18)3)17(20)13-19-9-5-6-14(2)12-19/h7-8,11,14H,4-6,9-10,12-13H2,1-3H3. The van der Waals surface area contributed by atoms with Gasteiger partial charge in [-0.2, -0.15) is 0 Å². The van der Waals surface area contributed by atoms with E-state index in [4.69, 9.17) is 4.74 Å². The van der Waals surface area contributed by atoms with Crippen LogP contribution in [-0.4, -0.2) is 36.9 Å². The molecule has 1 aliphatic heterocycles. The van der Waals surface area contributed by atoms with Gasteiger partial charge in [0.15, 0.2) is 5.78 Å². The van der Waals surface area contributed by atoms with E-state index in [9.17, 15) is 4.79 Å². The first-order chi connectivity index (χ1) is 10.1. The Bertz CT molecular complexity index is 484. The van der Waals surface area contributed by atoms with E-state index in [1.165, 1.54) is 12.8 Å². The first-order valence-electron chi connectivity index (χ1n) is 8.09. The number of ether oxygens (including phenoxy) is 1. The van der Waals surface area contributed by atoms with Gasteiger partial charge in [-0.25, -0.2) is 0 Å². The first-order valence-corrected chi connectivity index (χ1v) is 8.09. The maximum atomic E-state index is 12.4. The molecule has 0 N–H and O–H groups in total. The minimum absolute atomic E-state index is 0.217. The molecule has 0 bridgehead atoms. The molecule has 2 rings (SSSR count). The van der Waals surface area contributed by atoms with Crippen molar-refractivity contribution in [3.8, 4) is 5.75 Å². The lowest BCUT2D eigenvalue weighted by atomic mass is 9.99. The lowest BCUT2D eigenvalue weighted by Gasteiger charge is -2.30. The Morgan fingerprint density at radius 3 is 2.90 bits per heavy atom. The maximum Gasteiger partial charge on any atom is 0.176 e. The van der Waals surface area contributed by atoms with Crippen molar-refractivity contribution >= 4 is 5.78 Å². The van der Waals surface area contributed by atoms with Gasteiger partial charge in [0.05, 0.1) is 13.2 Å². The van der Waals surface area contributed by atoms with Gasteiger partial charge in [-0.15, -0.1) is 0 Å². The predicted octanol–water partition coefficient (Wildman–Crippen LogP) is 3.70. The molecule has 0 spiro atoms. The summed E-state index contributed by atoms with van der Waals surface area (Å²) in [5.74, 6) is 1.81. The molecule has 1 aliphatic rings. The SMILES string of the molecule is CCCOc1ccc(C(=O)CN2CCCC(C)C2)cc1C. The average Bonchev–Trinajstić information content (AvgIpc) is 2.46. The van der Waals surface area contributed by atoms with E-state index in [0.717, 1.165) is 43.0 Å². The molecular formula is C18H27NO2. The number of carbonyl (C=O) groups is 1. The van der Waals surface area contributed by atoms with Crippen LogP contribution in [0.1, 0.15) is 49.0 Å². The van der Waals surface area contributed by atoms with E-state index in [0.29, 0.717) is 12.5 Å². The molecule has 0 radical (unpaired) electrons. The van der Waals surface area contributed by atoms with Crippen LogP contribution in [0.25, 0.3) is 0 Å². The van der Waals surface area contributed by atoms with E-state index >= 15 is 0 Å². The zero-order valence-corrected chi connectivity index (χ0v) is 13.5. The number of aryl methyl sites for hydroxylation is 1. The van der Waals surface area contributed by atoms with Crippen molar-refractivity contribution in [1.29, 1.82) is 0 Å². The Kier molecular flexibility index (Phi) is 5.80. The van der Waals surface area contributed by atoms with Gasteiger partial charge in [-0.05, 0) is 62.4 Å². The van der Waals surface area contributed by atoms with Crippen LogP contribution >= 0.6 is 0 Å². The van der Waals surface area contributed by atoms with Gasteiger partial charge in [0.2, 0.25) is 0 Å².